The first-order chi connectivity index (χ1) is 9.29. The van der Waals surface area contributed by atoms with Crippen LogP contribution in [-0.4, -0.2) is 31.0 Å². The predicted molar refractivity (Wildman–Crippen MR) is 93.1 cm³/mol. The Morgan fingerprint density at radius 3 is 2.80 bits per heavy atom. The first-order valence-electron chi connectivity index (χ1n) is 6.57. The van der Waals surface area contributed by atoms with Crippen molar-refractivity contribution < 1.29 is 4.79 Å². The van der Waals surface area contributed by atoms with Gasteiger partial charge in [0.15, 0.2) is 0 Å². The van der Waals surface area contributed by atoms with Crippen molar-refractivity contribution >= 4 is 47.5 Å². The van der Waals surface area contributed by atoms with Gasteiger partial charge in [-0.15, -0.1) is 35.9 Å². The Balaban J connectivity index is 0.00000200. The topological polar surface area (TPSA) is 41.1 Å². The lowest BCUT2D eigenvalue weighted by atomic mass is 10.2. The second-order valence-corrected chi connectivity index (χ2v) is 7.18. The van der Waals surface area contributed by atoms with Gasteiger partial charge in [-0.05, 0) is 37.7 Å². The van der Waals surface area contributed by atoms with Gasteiger partial charge in [-0.3, -0.25) is 4.79 Å². The SMILES string of the molecule is CNCCCC(=O)Nc1cccc(C2SCCS2)c1.Cl. The number of carbonyl (C=O) groups is 1. The van der Waals surface area contributed by atoms with Crippen LogP contribution < -0.4 is 10.6 Å². The normalized spacial score (nSPS) is 14.8. The second-order valence-electron chi connectivity index (χ2n) is 4.45. The molecule has 0 aromatic heterocycles. The molecule has 0 saturated carbocycles. The minimum atomic E-state index is 0. The molecule has 6 heteroatoms. The fraction of sp³-hybridized carbons (Fsp3) is 0.500. The van der Waals surface area contributed by atoms with Gasteiger partial charge in [0.25, 0.3) is 0 Å². The fourth-order valence-electron chi connectivity index (χ4n) is 1.96. The standard InChI is InChI=1S/C14H20N2OS2.ClH/c1-15-7-3-6-13(17)16-12-5-2-4-11(10-12)14-18-8-9-19-14;/h2,4-5,10,14-15H,3,6-9H2,1H3,(H,16,17);1H. The Hall–Kier alpha value is -0.360. The minimum absolute atomic E-state index is 0. The summed E-state index contributed by atoms with van der Waals surface area (Å²) in [5.41, 5.74) is 2.22. The molecule has 2 rings (SSSR count). The van der Waals surface area contributed by atoms with Crippen LogP contribution in [0.4, 0.5) is 5.69 Å². The number of amides is 1. The van der Waals surface area contributed by atoms with Crippen molar-refractivity contribution in [2.45, 2.75) is 17.4 Å². The van der Waals surface area contributed by atoms with Crippen LogP contribution in [0, 0.1) is 0 Å². The molecule has 1 aliphatic heterocycles. The molecule has 0 spiro atoms. The summed E-state index contributed by atoms with van der Waals surface area (Å²) >= 11 is 3.96. The van der Waals surface area contributed by atoms with Gasteiger partial charge in [-0.1, -0.05) is 12.1 Å². The van der Waals surface area contributed by atoms with Crippen molar-refractivity contribution in [3.05, 3.63) is 29.8 Å². The first kappa shape index (κ1) is 17.7. The molecule has 3 nitrogen and oxygen atoms in total. The number of nitrogens with one attached hydrogen (secondary N) is 2. The third-order valence-corrected chi connectivity index (χ3v) is 6.00. The smallest absolute Gasteiger partial charge is 0.224 e. The van der Waals surface area contributed by atoms with Crippen LogP contribution >= 0.6 is 35.9 Å². The molecule has 20 heavy (non-hydrogen) atoms. The van der Waals surface area contributed by atoms with Crippen LogP contribution in [0.3, 0.4) is 0 Å². The molecule has 1 fully saturated rings. The summed E-state index contributed by atoms with van der Waals surface area (Å²) in [7, 11) is 1.90. The molecule has 1 saturated heterocycles. The monoisotopic (exact) mass is 332 g/mol. The number of thioether (sulfide) groups is 2. The highest BCUT2D eigenvalue weighted by Crippen LogP contribution is 2.45. The van der Waals surface area contributed by atoms with Crippen LogP contribution in [0.15, 0.2) is 24.3 Å². The molecule has 1 aromatic carbocycles. The maximum atomic E-state index is 11.8. The van der Waals surface area contributed by atoms with Crippen molar-refractivity contribution in [1.82, 2.24) is 5.32 Å². The summed E-state index contributed by atoms with van der Waals surface area (Å²) in [5.74, 6) is 2.53. The molecule has 0 bridgehead atoms. The zero-order chi connectivity index (χ0) is 13.5. The Bertz CT molecular complexity index is 425. The number of hydrogen-bond acceptors (Lipinski definition) is 4. The van der Waals surface area contributed by atoms with Crippen LogP contribution in [0.5, 0.6) is 0 Å². The summed E-state index contributed by atoms with van der Waals surface area (Å²) in [5, 5.41) is 6.03. The predicted octanol–water partition coefficient (Wildman–Crippen LogP) is 3.53. The number of carbonyl (C=O) groups excluding carboxylic acids is 1. The van der Waals surface area contributed by atoms with Crippen LogP contribution in [0.25, 0.3) is 0 Å². The van der Waals surface area contributed by atoms with E-state index in [0.29, 0.717) is 11.0 Å². The molecule has 1 aromatic rings. The van der Waals surface area contributed by atoms with Gasteiger partial charge in [0, 0.05) is 23.6 Å². The van der Waals surface area contributed by atoms with Gasteiger partial charge in [0.2, 0.25) is 5.91 Å². The van der Waals surface area contributed by atoms with Gasteiger partial charge in [0.1, 0.15) is 0 Å². The first-order valence-corrected chi connectivity index (χ1v) is 8.67. The van der Waals surface area contributed by atoms with Gasteiger partial charge in [-0.25, -0.2) is 0 Å². The number of rotatable bonds is 6. The number of anilines is 1. The summed E-state index contributed by atoms with van der Waals surface area (Å²) in [6.45, 7) is 0.878. The average Bonchev–Trinajstić information content (AvgIpc) is 2.93. The molecule has 1 heterocycles. The molecule has 0 radical (unpaired) electrons. The van der Waals surface area contributed by atoms with Crippen molar-refractivity contribution in [3.8, 4) is 0 Å². The van der Waals surface area contributed by atoms with Crippen molar-refractivity contribution in [1.29, 1.82) is 0 Å². The highest BCUT2D eigenvalue weighted by molar-refractivity contribution is 8.19. The Labute approximate surface area is 135 Å². The Kier molecular flexibility index (Phi) is 8.45. The molecule has 1 aliphatic rings. The van der Waals surface area contributed by atoms with E-state index >= 15 is 0 Å². The molecular formula is C14H21ClN2OS2. The molecule has 0 atom stereocenters. The summed E-state index contributed by atoms with van der Waals surface area (Å²) in [6, 6.07) is 8.24. The van der Waals surface area contributed by atoms with Crippen molar-refractivity contribution in [3.63, 3.8) is 0 Å². The quantitative estimate of drug-likeness (QED) is 0.782. The van der Waals surface area contributed by atoms with Gasteiger partial charge in [-0.2, -0.15) is 0 Å². The lowest BCUT2D eigenvalue weighted by Gasteiger charge is -2.11. The van der Waals surface area contributed by atoms with Crippen LogP contribution in [0.2, 0.25) is 0 Å². The van der Waals surface area contributed by atoms with Gasteiger partial charge < -0.3 is 10.6 Å². The minimum Gasteiger partial charge on any atom is -0.326 e. The molecule has 2 N–H and O–H groups in total. The Morgan fingerprint density at radius 2 is 2.10 bits per heavy atom. The van der Waals surface area contributed by atoms with E-state index in [4.69, 9.17) is 0 Å². The zero-order valence-electron chi connectivity index (χ0n) is 11.6. The Morgan fingerprint density at radius 1 is 1.35 bits per heavy atom. The zero-order valence-corrected chi connectivity index (χ0v) is 14.0. The van der Waals surface area contributed by atoms with E-state index in [-0.39, 0.29) is 18.3 Å². The molecule has 0 aliphatic carbocycles. The van der Waals surface area contributed by atoms with E-state index in [0.717, 1.165) is 18.7 Å². The number of benzene rings is 1. The highest BCUT2D eigenvalue weighted by Gasteiger charge is 2.18. The highest BCUT2D eigenvalue weighted by atomic mass is 35.5. The fourth-order valence-corrected chi connectivity index (χ4v) is 4.80. The van der Waals surface area contributed by atoms with E-state index in [9.17, 15) is 4.79 Å². The van der Waals surface area contributed by atoms with Crippen molar-refractivity contribution in [2.75, 3.05) is 30.4 Å². The summed E-state index contributed by atoms with van der Waals surface area (Å²) in [4.78, 5) is 11.8. The molecule has 112 valence electrons. The summed E-state index contributed by atoms with van der Waals surface area (Å²) < 4.78 is 0.529. The van der Waals surface area contributed by atoms with Crippen LogP contribution in [-0.2, 0) is 4.79 Å². The van der Waals surface area contributed by atoms with Crippen LogP contribution in [0.1, 0.15) is 23.0 Å². The maximum absolute atomic E-state index is 11.8. The van der Waals surface area contributed by atoms with Gasteiger partial charge >= 0.3 is 0 Å². The van der Waals surface area contributed by atoms with E-state index in [2.05, 4.69) is 22.8 Å². The van der Waals surface area contributed by atoms with Gasteiger partial charge in [0.05, 0.1) is 4.58 Å². The van der Waals surface area contributed by atoms with E-state index in [1.807, 2.05) is 42.7 Å². The van der Waals surface area contributed by atoms with E-state index < -0.39 is 0 Å². The lowest BCUT2D eigenvalue weighted by molar-refractivity contribution is -0.116. The third kappa shape index (κ3) is 5.56. The number of halogens is 1. The third-order valence-electron chi connectivity index (χ3n) is 2.89. The van der Waals surface area contributed by atoms with E-state index in [1.54, 1.807) is 0 Å². The molecule has 0 unspecified atom stereocenters. The molecule has 1 amide bonds. The largest absolute Gasteiger partial charge is 0.326 e. The average molecular weight is 333 g/mol. The second kappa shape index (κ2) is 9.55. The van der Waals surface area contributed by atoms with E-state index in [1.165, 1.54) is 17.1 Å². The molecular weight excluding hydrogens is 312 g/mol. The number of hydrogen-bond donors (Lipinski definition) is 2. The summed E-state index contributed by atoms with van der Waals surface area (Å²) in [6.07, 6.45) is 1.44. The lowest BCUT2D eigenvalue weighted by Crippen LogP contribution is -2.15. The van der Waals surface area contributed by atoms with Crippen molar-refractivity contribution in [2.24, 2.45) is 0 Å². The maximum Gasteiger partial charge on any atom is 0.224 e.